The van der Waals surface area contributed by atoms with E-state index in [-0.39, 0.29) is 11.9 Å². The van der Waals surface area contributed by atoms with Crippen LogP contribution < -0.4 is 5.32 Å². The van der Waals surface area contributed by atoms with E-state index >= 15 is 0 Å². The smallest absolute Gasteiger partial charge is 0.270 e. The Bertz CT molecular complexity index is 1020. The van der Waals surface area contributed by atoms with Crippen molar-refractivity contribution in [2.75, 3.05) is 0 Å². The minimum Gasteiger partial charge on any atom is -0.344 e. The number of carbonyl (C=O) groups excluding carboxylic acids is 1. The molecular formula is C22H23N3OS. The predicted octanol–water partition coefficient (Wildman–Crippen LogP) is 4.90. The average Bonchev–Trinajstić information content (AvgIpc) is 3.09. The van der Waals surface area contributed by atoms with Crippen LogP contribution >= 0.6 is 12.2 Å². The number of H-pyrrole nitrogens is 1. The first-order chi connectivity index (χ1) is 13.1. The van der Waals surface area contributed by atoms with Crippen LogP contribution in [0, 0.1) is 4.77 Å². The lowest BCUT2D eigenvalue weighted by Gasteiger charge is -2.20. The molecule has 0 spiro atoms. The Hall–Kier alpha value is -2.66. The topological polar surface area (TPSA) is 49.8 Å². The van der Waals surface area contributed by atoms with Crippen LogP contribution in [0.1, 0.15) is 53.0 Å². The number of nitrogens with zero attached hydrogens (tertiary/aromatic N) is 1. The van der Waals surface area contributed by atoms with Crippen molar-refractivity contribution >= 4 is 18.1 Å². The summed E-state index contributed by atoms with van der Waals surface area (Å²) in [5.41, 5.74) is 5.40. The number of para-hydroxylation sites is 1. The molecule has 0 fully saturated rings. The summed E-state index contributed by atoms with van der Waals surface area (Å²) in [4.78, 5) is 15.9. The van der Waals surface area contributed by atoms with Crippen LogP contribution in [0.5, 0.6) is 0 Å². The predicted molar refractivity (Wildman–Crippen MR) is 110 cm³/mol. The molecule has 4 rings (SSSR count). The van der Waals surface area contributed by atoms with Crippen molar-refractivity contribution in [2.45, 2.75) is 38.6 Å². The molecule has 1 atom stereocenters. The molecule has 1 heterocycles. The highest BCUT2D eigenvalue weighted by Crippen LogP contribution is 2.25. The average molecular weight is 378 g/mol. The second-order valence-corrected chi connectivity index (χ2v) is 7.47. The molecule has 0 saturated carbocycles. The molecule has 0 radical (unpaired) electrons. The zero-order valence-electron chi connectivity index (χ0n) is 15.4. The van der Waals surface area contributed by atoms with Crippen LogP contribution in [0.2, 0.25) is 0 Å². The SMILES string of the molecule is C[C@@H](NC(=O)c1c[nH]c(=S)n1-c1ccccc1)c1ccc2c(c1)CCCC2. The summed E-state index contributed by atoms with van der Waals surface area (Å²) in [6.45, 7) is 2.02. The highest BCUT2D eigenvalue weighted by atomic mass is 32.1. The zero-order valence-corrected chi connectivity index (χ0v) is 16.2. The quantitative estimate of drug-likeness (QED) is 0.635. The van der Waals surface area contributed by atoms with Gasteiger partial charge < -0.3 is 10.3 Å². The maximum Gasteiger partial charge on any atom is 0.270 e. The Kier molecular flexibility index (Phi) is 4.94. The Morgan fingerprint density at radius 1 is 1.11 bits per heavy atom. The number of amides is 1. The van der Waals surface area contributed by atoms with E-state index in [1.807, 2.05) is 37.3 Å². The van der Waals surface area contributed by atoms with Crippen LogP contribution in [0.4, 0.5) is 0 Å². The van der Waals surface area contributed by atoms with Crippen molar-refractivity contribution in [3.63, 3.8) is 0 Å². The van der Waals surface area contributed by atoms with E-state index in [2.05, 4.69) is 28.5 Å². The van der Waals surface area contributed by atoms with Crippen molar-refractivity contribution in [3.8, 4) is 5.69 Å². The molecule has 138 valence electrons. The van der Waals surface area contributed by atoms with Crippen LogP contribution in [0.25, 0.3) is 5.69 Å². The molecule has 27 heavy (non-hydrogen) atoms. The van der Waals surface area contributed by atoms with Gasteiger partial charge in [0.05, 0.1) is 6.04 Å². The Labute approximate surface area is 164 Å². The van der Waals surface area contributed by atoms with E-state index in [9.17, 15) is 4.79 Å². The molecule has 1 aliphatic carbocycles. The number of hydrogen-bond acceptors (Lipinski definition) is 2. The lowest BCUT2D eigenvalue weighted by atomic mass is 9.89. The molecule has 1 aliphatic rings. The molecule has 4 nitrogen and oxygen atoms in total. The summed E-state index contributed by atoms with van der Waals surface area (Å²) in [6, 6.07) is 16.2. The first kappa shape index (κ1) is 17.7. The van der Waals surface area contributed by atoms with Crippen molar-refractivity contribution in [1.29, 1.82) is 0 Å². The number of hydrogen-bond donors (Lipinski definition) is 2. The lowest BCUT2D eigenvalue weighted by Crippen LogP contribution is -2.28. The first-order valence-electron chi connectivity index (χ1n) is 9.42. The Balaban J connectivity index is 1.57. The third-order valence-corrected chi connectivity index (χ3v) is 5.54. The highest BCUT2D eigenvalue weighted by Gasteiger charge is 2.18. The van der Waals surface area contributed by atoms with Gasteiger partial charge >= 0.3 is 0 Å². The molecule has 0 bridgehead atoms. The standard InChI is InChI=1S/C22H23N3OS/c1-15(17-12-11-16-7-5-6-8-18(16)13-17)24-21(26)20-14-23-22(27)25(20)19-9-3-2-4-10-19/h2-4,9-15H,5-8H2,1H3,(H,23,27)(H,24,26)/t15-/m1/s1. The van der Waals surface area contributed by atoms with Crippen LogP contribution in [0.3, 0.4) is 0 Å². The van der Waals surface area contributed by atoms with Gasteiger partial charge in [-0.1, -0.05) is 36.4 Å². The number of benzene rings is 2. The summed E-state index contributed by atoms with van der Waals surface area (Å²) in [6.07, 6.45) is 6.49. The fraction of sp³-hybridized carbons (Fsp3) is 0.273. The van der Waals surface area contributed by atoms with Gasteiger partial charge in [0.15, 0.2) is 4.77 Å². The van der Waals surface area contributed by atoms with E-state index in [4.69, 9.17) is 12.2 Å². The second-order valence-electron chi connectivity index (χ2n) is 7.08. The Morgan fingerprint density at radius 3 is 2.63 bits per heavy atom. The number of nitrogens with one attached hydrogen (secondary N) is 2. The number of imidazole rings is 1. The molecule has 1 amide bonds. The van der Waals surface area contributed by atoms with Crippen LogP contribution in [-0.2, 0) is 12.8 Å². The molecule has 0 saturated heterocycles. The summed E-state index contributed by atoms with van der Waals surface area (Å²) in [5, 5.41) is 3.12. The highest BCUT2D eigenvalue weighted by molar-refractivity contribution is 7.71. The Morgan fingerprint density at radius 2 is 1.85 bits per heavy atom. The molecule has 3 aromatic rings. The van der Waals surface area contributed by atoms with Gasteiger partial charge in [-0.05, 0) is 73.6 Å². The van der Waals surface area contributed by atoms with E-state index < -0.39 is 0 Å². The third-order valence-electron chi connectivity index (χ3n) is 5.24. The minimum absolute atomic E-state index is 0.0718. The maximum atomic E-state index is 12.9. The van der Waals surface area contributed by atoms with Gasteiger partial charge in [-0.2, -0.15) is 0 Å². The van der Waals surface area contributed by atoms with Gasteiger partial charge in [-0.15, -0.1) is 0 Å². The second kappa shape index (κ2) is 7.53. The van der Waals surface area contributed by atoms with E-state index in [0.29, 0.717) is 10.5 Å². The maximum absolute atomic E-state index is 12.9. The minimum atomic E-state index is -0.142. The van der Waals surface area contributed by atoms with Crippen LogP contribution in [-0.4, -0.2) is 15.5 Å². The van der Waals surface area contributed by atoms with Gasteiger partial charge in [-0.25, -0.2) is 0 Å². The summed E-state index contributed by atoms with van der Waals surface area (Å²) in [5.74, 6) is -0.142. The number of aryl methyl sites for hydroxylation is 2. The van der Waals surface area contributed by atoms with Gasteiger partial charge in [0, 0.05) is 11.9 Å². The van der Waals surface area contributed by atoms with Gasteiger partial charge in [0.2, 0.25) is 0 Å². The van der Waals surface area contributed by atoms with Crippen molar-refractivity contribution in [3.05, 3.63) is 81.9 Å². The summed E-state index contributed by atoms with van der Waals surface area (Å²) in [7, 11) is 0. The largest absolute Gasteiger partial charge is 0.344 e. The summed E-state index contributed by atoms with van der Waals surface area (Å²) >= 11 is 5.38. The van der Waals surface area contributed by atoms with E-state index in [0.717, 1.165) is 17.7 Å². The lowest BCUT2D eigenvalue weighted by molar-refractivity contribution is 0.0933. The van der Waals surface area contributed by atoms with Gasteiger partial charge in [0.1, 0.15) is 5.69 Å². The molecule has 0 aliphatic heterocycles. The van der Waals surface area contributed by atoms with Crippen molar-refractivity contribution in [2.24, 2.45) is 0 Å². The van der Waals surface area contributed by atoms with Crippen molar-refractivity contribution < 1.29 is 4.79 Å². The van der Waals surface area contributed by atoms with E-state index in [1.54, 1.807) is 10.8 Å². The molecular weight excluding hydrogens is 354 g/mol. The van der Waals surface area contributed by atoms with Crippen LogP contribution in [0.15, 0.2) is 54.7 Å². The number of rotatable bonds is 4. The van der Waals surface area contributed by atoms with Gasteiger partial charge in [-0.3, -0.25) is 9.36 Å². The van der Waals surface area contributed by atoms with Crippen molar-refractivity contribution in [1.82, 2.24) is 14.9 Å². The monoisotopic (exact) mass is 377 g/mol. The molecule has 0 unspecified atom stereocenters. The van der Waals surface area contributed by atoms with E-state index in [1.165, 1.54) is 30.4 Å². The zero-order chi connectivity index (χ0) is 18.8. The first-order valence-corrected chi connectivity index (χ1v) is 9.83. The summed E-state index contributed by atoms with van der Waals surface area (Å²) < 4.78 is 2.28. The number of aromatic amines is 1. The third kappa shape index (κ3) is 3.60. The fourth-order valence-electron chi connectivity index (χ4n) is 3.75. The van der Waals surface area contributed by atoms with Gasteiger partial charge in [0.25, 0.3) is 5.91 Å². The normalized spacial score (nSPS) is 14.4. The number of fused-ring (bicyclic) bond motifs is 1. The molecule has 2 N–H and O–H groups in total. The number of aromatic nitrogens is 2. The molecule has 2 aromatic carbocycles. The fourth-order valence-corrected chi connectivity index (χ4v) is 4.01. The molecule has 1 aromatic heterocycles. The molecule has 5 heteroatoms. The number of carbonyl (C=O) groups is 1.